The van der Waals surface area contributed by atoms with Crippen molar-refractivity contribution in [2.45, 2.75) is 6.54 Å². The van der Waals surface area contributed by atoms with Gasteiger partial charge in [-0.25, -0.2) is 9.13 Å². The summed E-state index contributed by atoms with van der Waals surface area (Å²) in [6.45, 7) is 0.327. The minimum Gasteiger partial charge on any atom is -1.00 e. The van der Waals surface area contributed by atoms with Crippen LogP contribution in [0.4, 0.5) is 0 Å². The van der Waals surface area contributed by atoms with Crippen LogP contribution in [0.2, 0.25) is 0 Å². The van der Waals surface area contributed by atoms with Crippen molar-refractivity contribution in [3.63, 3.8) is 0 Å². The molecule has 0 bridgehead atoms. The number of Topliss-reactive ketones (excluding diaryl/α,β-unsaturated/α-hetero) is 1. The molecule has 0 aliphatic rings. The van der Waals surface area contributed by atoms with Gasteiger partial charge in [-0.1, -0.05) is 30.3 Å². The summed E-state index contributed by atoms with van der Waals surface area (Å²) in [5.41, 5.74) is 1.75. The van der Waals surface area contributed by atoms with Crippen LogP contribution in [0.5, 0.6) is 5.75 Å². The summed E-state index contributed by atoms with van der Waals surface area (Å²) in [4.78, 5) is 12.2. The van der Waals surface area contributed by atoms with Gasteiger partial charge in [0.05, 0.1) is 7.11 Å². The normalized spacial score (nSPS) is 9.96. The second kappa shape index (κ2) is 7.61. The Labute approximate surface area is 141 Å². The third-order valence-corrected chi connectivity index (χ3v) is 3.48. The predicted molar refractivity (Wildman–Crippen MR) is 83.3 cm³/mol. The molecule has 0 aliphatic heterocycles. The summed E-state index contributed by atoms with van der Waals surface area (Å²) in [7, 11) is 1.65. The molecule has 0 saturated carbocycles. The zero-order chi connectivity index (χ0) is 15.4. The van der Waals surface area contributed by atoms with Gasteiger partial charge in [0.15, 0.2) is 6.54 Å². The zero-order valence-electron chi connectivity index (χ0n) is 12.7. The second-order valence-corrected chi connectivity index (χ2v) is 4.98. The molecule has 3 aromatic rings. The molecule has 0 spiro atoms. The molecule has 0 radical (unpaired) electrons. The van der Waals surface area contributed by atoms with E-state index in [1.165, 1.54) is 0 Å². The Bertz CT molecular complexity index is 767. The molecule has 23 heavy (non-hydrogen) atoms. The fourth-order valence-electron chi connectivity index (χ4n) is 2.28. The highest BCUT2D eigenvalue weighted by Gasteiger charge is 2.12. The van der Waals surface area contributed by atoms with Crippen LogP contribution in [0.25, 0.3) is 5.69 Å². The van der Waals surface area contributed by atoms with Crippen molar-refractivity contribution < 1.29 is 26.5 Å². The molecule has 1 aromatic heterocycles. The Morgan fingerprint density at radius 3 is 2.43 bits per heavy atom. The topological polar surface area (TPSA) is 35.1 Å². The van der Waals surface area contributed by atoms with E-state index >= 15 is 0 Å². The molecular weight excluding hydrogens is 312 g/mol. The lowest BCUT2D eigenvalue weighted by atomic mass is 10.1. The van der Waals surface area contributed by atoms with Crippen molar-refractivity contribution in [1.82, 2.24) is 4.57 Å². The number of hydrogen-bond acceptors (Lipinski definition) is 2. The minimum atomic E-state index is 0. The lowest BCUT2D eigenvalue weighted by molar-refractivity contribution is -0.682. The quantitative estimate of drug-likeness (QED) is 0.474. The highest BCUT2D eigenvalue weighted by atomic mass is 35.5. The van der Waals surface area contributed by atoms with Gasteiger partial charge in [0.25, 0.3) is 0 Å². The number of hydrogen-bond donors (Lipinski definition) is 0. The van der Waals surface area contributed by atoms with Gasteiger partial charge in [-0.05, 0) is 24.3 Å². The standard InChI is InChI=1S/C18H17N2O2.ClH/c1-22-17-9-7-16(8-10-17)20-12-11-19(14-20)13-18(21)15-5-3-2-4-6-15;/h2-12,14H,13H2,1H3;1H/q+1;/p-1. The highest BCUT2D eigenvalue weighted by Crippen LogP contribution is 2.14. The summed E-state index contributed by atoms with van der Waals surface area (Å²) in [6, 6.07) is 17.1. The van der Waals surface area contributed by atoms with Gasteiger partial charge in [0.2, 0.25) is 12.1 Å². The van der Waals surface area contributed by atoms with Crippen LogP contribution in [-0.4, -0.2) is 17.5 Å². The Morgan fingerprint density at radius 2 is 1.78 bits per heavy atom. The first-order valence-corrected chi connectivity index (χ1v) is 7.06. The molecule has 0 saturated heterocycles. The number of methoxy groups -OCH3 is 1. The average Bonchev–Trinajstić information content (AvgIpc) is 3.04. The van der Waals surface area contributed by atoms with Crippen molar-refractivity contribution in [3.05, 3.63) is 78.9 Å². The summed E-state index contributed by atoms with van der Waals surface area (Å²) >= 11 is 0. The molecule has 118 valence electrons. The van der Waals surface area contributed by atoms with Gasteiger partial charge in [-0.3, -0.25) is 4.79 Å². The first-order valence-electron chi connectivity index (χ1n) is 7.06. The van der Waals surface area contributed by atoms with Gasteiger partial charge in [-0.2, -0.15) is 0 Å². The number of ether oxygens (including phenoxy) is 1. The number of nitrogens with zero attached hydrogens (tertiary/aromatic N) is 2. The van der Waals surface area contributed by atoms with E-state index in [0.717, 1.165) is 17.0 Å². The van der Waals surface area contributed by atoms with Gasteiger partial charge in [0, 0.05) is 5.56 Å². The summed E-state index contributed by atoms with van der Waals surface area (Å²) < 4.78 is 9.00. The van der Waals surface area contributed by atoms with Gasteiger partial charge >= 0.3 is 0 Å². The van der Waals surface area contributed by atoms with Crippen molar-refractivity contribution in [2.75, 3.05) is 7.11 Å². The van der Waals surface area contributed by atoms with Crippen LogP contribution in [0.1, 0.15) is 10.4 Å². The number of aromatic nitrogens is 2. The molecule has 5 heteroatoms. The van der Waals surface area contributed by atoms with E-state index < -0.39 is 0 Å². The lowest BCUT2D eigenvalue weighted by Crippen LogP contribution is -3.00. The minimum absolute atomic E-state index is 0. The van der Waals surface area contributed by atoms with Crippen molar-refractivity contribution in [3.8, 4) is 11.4 Å². The molecule has 4 nitrogen and oxygen atoms in total. The molecule has 0 aliphatic carbocycles. The molecule has 0 N–H and O–H groups in total. The second-order valence-electron chi connectivity index (χ2n) is 4.98. The molecule has 1 heterocycles. The van der Waals surface area contributed by atoms with E-state index in [-0.39, 0.29) is 18.2 Å². The molecule has 3 rings (SSSR count). The maximum Gasteiger partial charge on any atom is 0.249 e. The first-order chi connectivity index (χ1) is 10.8. The number of halogens is 1. The fraction of sp³-hybridized carbons (Fsp3) is 0.111. The van der Waals surface area contributed by atoms with E-state index in [2.05, 4.69) is 0 Å². The van der Waals surface area contributed by atoms with Gasteiger partial charge < -0.3 is 17.1 Å². The Kier molecular flexibility index (Phi) is 5.55. The molecule has 0 fully saturated rings. The van der Waals surface area contributed by atoms with E-state index in [1.807, 2.05) is 82.5 Å². The molecule has 2 aromatic carbocycles. The van der Waals surface area contributed by atoms with Crippen LogP contribution in [0, 0.1) is 0 Å². The highest BCUT2D eigenvalue weighted by molar-refractivity contribution is 5.94. The number of carbonyl (C=O) groups is 1. The summed E-state index contributed by atoms with van der Waals surface area (Å²) in [5, 5.41) is 0. The van der Waals surface area contributed by atoms with Gasteiger partial charge in [0.1, 0.15) is 23.8 Å². The average molecular weight is 329 g/mol. The van der Waals surface area contributed by atoms with Crippen LogP contribution in [0.15, 0.2) is 73.3 Å². The lowest BCUT2D eigenvalue weighted by Gasteiger charge is -2.00. The Hall–Kier alpha value is -2.59. The van der Waals surface area contributed by atoms with Gasteiger partial charge in [-0.15, -0.1) is 0 Å². The number of carbonyl (C=O) groups excluding carboxylic acids is 1. The van der Waals surface area contributed by atoms with E-state index in [0.29, 0.717) is 6.54 Å². The number of imidazole rings is 1. The zero-order valence-corrected chi connectivity index (χ0v) is 13.5. The number of benzene rings is 2. The molecule has 0 amide bonds. The van der Waals surface area contributed by atoms with Crippen molar-refractivity contribution in [1.29, 1.82) is 0 Å². The first kappa shape index (κ1) is 16.8. The van der Waals surface area contributed by atoms with Crippen LogP contribution in [0.3, 0.4) is 0 Å². The molecule has 0 atom stereocenters. The summed E-state index contributed by atoms with van der Waals surface area (Å²) in [6.07, 6.45) is 5.73. The summed E-state index contributed by atoms with van der Waals surface area (Å²) in [5.74, 6) is 0.918. The van der Waals surface area contributed by atoms with E-state index in [9.17, 15) is 4.79 Å². The Balaban J connectivity index is 0.00000192. The third kappa shape index (κ3) is 3.99. The van der Waals surface area contributed by atoms with Crippen LogP contribution >= 0.6 is 0 Å². The van der Waals surface area contributed by atoms with E-state index in [1.54, 1.807) is 7.11 Å². The monoisotopic (exact) mass is 328 g/mol. The van der Waals surface area contributed by atoms with Crippen LogP contribution < -0.4 is 21.7 Å². The number of rotatable bonds is 5. The number of ketones is 1. The fourth-order valence-corrected chi connectivity index (χ4v) is 2.28. The Morgan fingerprint density at radius 1 is 1.09 bits per heavy atom. The third-order valence-electron chi connectivity index (χ3n) is 3.48. The molecule has 0 unspecified atom stereocenters. The van der Waals surface area contributed by atoms with Crippen molar-refractivity contribution in [2.24, 2.45) is 0 Å². The maximum absolute atomic E-state index is 12.2. The predicted octanol–water partition coefficient (Wildman–Crippen LogP) is -0.340. The van der Waals surface area contributed by atoms with Crippen molar-refractivity contribution >= 4 is 5.78 Å². The smallest absolute Gasteiger partial charge is 0.249 e. The molecular formula is C18H17ClN2O2. The van der Waals surface area contributed by atoms with E-state index in [4.69, 9.17) is 4.74 Å². The van der Waals surface area contributed by atoms with Crippen LogP contribution in [-0.2, 0) is 6.54 Å². The largest absolute Gasteiger partial charge is 1.00 e. The maximum atomic E-state index is 12.2. The SMILES string of the molecule is COc1ccc(-n2cc[n+](CC(=O)c3ccccc3)c2)cc1.[Cl-].